The number of anilines is 1. The van der Waals surface area contributed by atoms with E-state index in [1.165, 1.54) is 0 Å². The molecule has 5 heteroatoms. The largest absolute Gasteiger partial charge is 0.360 e. The van der Waals surface area contributed by atoms with E-state index in [2.05, 4.69) is 22.1 Å². The van der Waals surface area contributed by atoms with E-state index in [0.717, 1.165) is 30.8 Å². The van der Waals surface area contributed by atoms with Crippen LogP contribution in [0.3, 0.4) is 0 Å². The summed E-state index contributed by atoms with van der Waals surface area (Å²) in [6, 6.07) is 11.1. The minimum absolute atomic E-state index is 0.129. The summed E-state index contributed by atoms with van der Waals surface area (Å²) in [6.07, 6.45) is 3.89. The standard InChI is InChI=1S/C18H22ClN3O/c1-3-4-11-22(2)17-10-7-15(13-20-17)18(23)21-12-14-5-8-16(19)9-6-14/h5-10,13H,3-4,11-12H2,1-2H3,(H,21,23). The van der Waals surface area contributed by atoms with E-state index in [1.807, 2.05) is 43.4 Å². The van der Waals surface area contributed by atoms with E-state index >= 15 is 0 Å². The lowest BCUT2D eigenvalue weighted by molar-refractivity contribution is 0.0950. The molecule has 0 saturated heterocycles. The minimum atomic E-state index is -0.129. The molecule has 0 aliphatic carbocycles. The smallest absolute Gasteiger partial charge is 0.253 e. The Hall–Kier alpha value is -2.07. The molecule has 0 radical (unpaired) electrons. The van der Waals surface area contributed by atoms with Crippen LogP contribution in [0.5, 0.6) is 0 Å². The molecule has 0 aliphatic rings. The van der Waals surface area contributed by atoms with Gasteiger partial charge in [0.05, 0.1) is 5.56 Å². The Morgan fingerprint density at radius 3 is 2.57 bits per heavy atom. The van der Waals surface area contributed by atoms with Gasteiger partial charge in [-0.15, -0.1) is 0 Å². The zero-order chi connectivity index (χ0) is 16.7. The van der Waals surface area contributed by atoms with E-state index in [9.17, 15) is 4.79 Å². The SMILES string of the molecule is CCCCN(C)c1ccc(C(=O)NCc2ccc(Cl)cc2)cn1. The molecule has 0 saturated carbocycles. The molecule has 2 rings (SSSR count). The first kappa shape index (κ1) is 17.3. The van der Waals surface area contributed by atoms with Crippen molar-refractivity contribution >= 4 is 23.3 Å². The number of unbranched alkanes of at least 4 members (excludes halogenated alkanes) is 1. The third-order valence-electron chi connectivity index (χ3n) is 3.61. The van der Waals surface area contributed by atoms with Gasteiger partial charge in [0.15, 0.2) is 0 Å². The van der Waals surface area contributed by atoms with Crippen LogP contribution in [0.25, 0.3) is 0 Å². The van der Waals surface area contributed by atoms with Crippen molar-refractivity contribution in [2.75, 3.05) is 18.5 Å². The van der Waals surface area contributed by atoms with Crippen molar-refractivity contribution in [2.24, 2.45) is 0 Å². The number of aromatic nitrogens is 1. The van der Waals surface area contributed by atoms with Gasteiger partial charge in [-0.05, 0) is 36.2 Å². The molecule has 1 aromatic heterocycles. The normalized spacial score (nSPS) is 10.4. The van der Waals surface area contributed by atoms with Crippen LogP contribution in [-0.2, 0) is 6.54 Å². The number of amides is 1. The molecule has 0 atom stereocenters. The van der Waals surface area contributed by atoms with Gasteiger partial charge in [-0.3, -0.25) is 4.79 Å². The monoisotopic (exact) mass is 331 g/mol. The van der Waals surface area contributed by atoms with Crippen molar-refractivity contribution in [3.63, 3.8) is 0 Å². The first-order valence-electron chi connectivity index (χ1n) is 7.80. The van der Waals surface area contributed by atoms with E-state index in [1.54, 1.807) is 6.20 Å². The summed E-state index contributed by atoms with van der Waals surface area (Å²) in [5.74, 6) is 0.753. The Balaban J connectivity index is 1.90. The van der Waals surface area contributed by atoms with Gasteiger partial charge in [0.1, 0.15) is 5.82 Å². The Labute approximate surface area is 142 Å². The molecule has 23 heavy (non-hydrogen) atoms. The van der Waals surface area contributed by atoms with Gasteiger partial charge in [0.25, 0.3) is 5.91 Å². The maximum atomic E-state index is 12.1. The molecule has 2 aromatic rings. The average molecular weight is 332 g/mol. The highest BCUT2D eigenvalue weighted by Crippen LogP contribution is 2.12. The lowest BCUT2D eigenvalue weighted by Crippen LogP contribution is -2.23. The zero-order valence-electron chi connectivity index (χ0n) is 13.6. The molecule has 122 valence electrons. The molecule has 0 aliphatic heterocycles. The fourth-order valence-electron chi connectivity index (χ4n) is 2.14. The molecular weight excluding hydrogens is 310 g/mol. The second kappa shape index (κ2) is 8.53. The third kappa shape index (κ3) is 5.25. The summed E-state index contributed by atoms with van der Waals surface area (Å²) in [5.41, 5.74) is 1.57. The summed E-state index contributed by atoms with van der Waals surface area (Å²) in [6.45, 7) is 3.59. The van der Waals surface area contributed by atoms with Crippen LogP contribution in [0.1, 0.15) is 35.7 Å². The second-order valence-electron chi connectivity index (χ2n) is 5.49. The molecule has 0 fully saturated rings. The van der Waals surface area contributed by atoms with Crippen molar-refractivity contribution in [1.82, 2.24) is 10.3 Å². The Kier molecular flexibility index (Phi) is 6.41. The fraction of sp³-hybridized carbons (Fsp3) is 0.333. The molecule has 4 nitrogen and oxygen atoms in total. The number of nitrogens with zero attached hydrogens (tertiary/aromatic N) is 2. The van der Waals surface area contributed by atoms with Gasteiger partial charge in [0, 0.05) is 31.4 Å². The molecule has 1 aromatic carbocycles. The van der Waals surface area contributed by atoms with Crippen LogP contribution in [0.2, 0.25) is 5.02 Å². The predicted octanol–water partition coefficient (Wildman–Crippen LogP) is 3.90. The first-order valence-corrected chi connectivity index (χ1v) is 8.17. The lowest BCUT2D eigenvalue weighted by Gasteiger charge is -2.17. The highest BCUT2D eigenvalue weighted by atomic mass is 35.5. The van der Waals surface area contributed by atoms with Gasteiger partial charge >= 0.3 is 0 Å². The van der Waals surface area contributed by atoms with Gasteiger partial charge in [-0.25, -0.2) is 4.98 Å². The number of carbonyl (C=O) groups excluding carboxylic acids is 1. The molecule has 1 amide bonds. The van der Waals surface area contributed by atoms with Gasteiger partial charge in [0.2, 0.25) is 0 Å². The van der Waals surface area contributed by atoms with E-state index in [4.69, 9.17) is 11.6 Å². The number of benzene rings is 1. The van der Waals surface area contributed by atoms with Crippen molar-refractivity contribution < 1.29 is 4.79 Å². The van der Waals surface area contributed by atoms with Gasteiger partial charge < -0.3 is 10.2 Å². The second-order valence-corrected chi connectivity index (χ2v) is 5.93. The molecule has 0 spiro atoms. The summed E-state index contributed by atoms with van der Waals surface area (Å²) < 4.78 is 0. The van der Waals surface area contributed by atoms with E-state index in [-0.39, 0.29) is 5.91 Å². The molecule has 0 unspecified atom stereocenters. The first-order chi connectivity index (χ1) is 11.1. The number of hydrogen-bond acceptors (Lipinski definition) is 3. The summed E-state index contributed by atoms with van der Waals surface area (Å²) in [7, 11) is 2.01. The quantitative estimate of drug-likeness (QED) is 0.836. The maximum Gasteiger partial charge on any atom is 0.253 e. The fourth-order valence-corrected chi connectivity index (χ4v) is 2.27. The number of rotatable bonds is 7. The van der Waals surface area contributed by atoms with Crippen molar-refractivity contribution in [2.45, 2.75) is 26.3 Å². The average Bonchev–Trinajstić information content (AvgIpc) is 2.59. The maximum absolute atomic E-state index is 12.1. The summed E-state index contributed by atoms with van der Waals surface area (Å²) in [5, 5.41) is 3.57. The van der Waals surface area contributed by atoms with Crippen molar-refractivity contribution in [1.29, 1.82) is 0 Å². The Morgan fingerprint density at radius 2 is 1.96 bits per heavy atom. The van der Waals surface area contributed by atoms with Gasteiger partial charge in [-0.1, -0.05) is 37.1 Å². The van der Waals surface area contributed by atoms with E-state index in [0.29, 0.717) is 17.1 Å². The summed E-state index contributed by atoms with van der Waals surface area (Å²) >= 11 is 5.84. The number of hydrogen-bond donors (Lipinski definition) is 1. The lowest BCUT2D eigenvalue weighted by atomic mass is 10.2. The zero-order valence-corrected chi connectivity index (χ0v) is 14.3. The third-order valence-corrected chi connectivity index (χ3v) is 3.87. The number of pyridine rings is 1. The van der Waals surface area contributed by atoms with Gasteiger partial charge in [-0.2, -0.15) is 0 Å². The van der Waals surface area contributed by atoms with E-state index < -0.39 is 0 Å². The summed E-state index contributed by atoms with van der Waals surface area (Å²) in [4.78, 5) is 18.6. The van der Waals surface area contributed by atoms with Crippen LogP contribution in [-0.4, -0.2) is 24.5 Å². The molecule has 1 N–H and O–H groups in total. The Bertz CT molecular complexity index is 626. The van der Waals surface area contributed by atoms with Crippen LogP contribution in [0.15, 0.2) is 42.6 Å². The molecule has 0 bridgehead atoms. The van der Waals surface area contributed by atoms with Crippen molar-refractivity contribution in [3.05, 3.63) is 58.7 Å². The topological polar surface area (TPSA) is 45.2 Å². The highest BCUT2D eigenvalue weighted by molar-refractivity contribution is 6.30. The highest BCUT2D eigenvalue weighted by Gasteiger charge is 2.07. The number of nitrogens with one attached hydrogen (secondary N) is 1. The Morgan fingerprint density at radius 1 is 1.22 bits per heavy atom. The minimum Gasteiger partial charge on any atom is -0.360 e. The predicted molar refractivity (Wildman–Crippen MR) is 95.0 cm³/mol. The van der Waals surface area contributed by atoms with Crippen LogP contribution < -0.4 is 10.2 Å². The number of carbonyl (C=O) groups is 1. The van der Waals surface area contributed by atoms with Crippen LogP contribution in [0, 0.1) is 0 Å². The number of halogens is 1. The van der Waals surface area contributed by atoms with Crippen molar-refractivity contribution in [3.8, 4) is 0 Å². The molecule has 1 heterocycles. The molecular formula is C18H22ClN3O. The van der Waals surface area contributed by atoms with Crippen LogP contribution in [0.4, 0.5) is 5.82 Å². The van der Waals surface area contributed by atoms with Crippen LogP contribution >= 0.6 is 11.6 Å².